The molecule has 0 amide bonds. The highest BCUT2D eigenvalue weighted by Crippen LogP contribution is 2.41. The first-order valence-electron chi connectivity index (χ1n) is 7.65. The van der Waals surface area contributed by atoms with Gasteiger partial charge in [0.1, 0.15) is 0 Å². The van der Waals surface area contributed by atoms with Crippen LogP contribution in [0.15, 0.2) is 0 Å². The van der Waals surface area contributed by atoms with Gasteiger partial charge in [-0.1, -0.05) is 26.7 Å². The number of fused-ring (bicyclic) bond motifs is 1. The monoisotopic (exact) mass is 236 g/mol. The molecule has 17 heavy (non-hydrogen) atoms. The number of hydrogen-bond acceptors (Lipinski definition) is 2. The Morgan fingerprint density at radius 3 is 2.47 bits per heavy atom. The lowest BCUT2D eigenvalue weighted by Crippen LogP contribution is -2.58. The maximum atomic E-state index is 2.83. The van der Waals surface area contributed by atoms with Crippen molar-refractivity contribution in [1.29, 1.82) is 0 Å². The molecule has 1 saturated carbocycles. The summed E-state index contributed by atoms with van der Waals surface area (Å²) in [6, 6.07) is 1.75. The van der Waals surface area contributed by atoms with Gasteiger partial charge >= 0.3 is 0 Å². The Bertz CT molecular complexity index is 274. The summed E-state index contributed by atoms with van der Waals surface area (Å²) >= 11 is 0. The van der Waals surface area contributed by atoms with Crippen molar-refractivity contribution >= 4 is 0 Å². The number of piperidine rings is 1. The van der Waals surface area contributed by atoms with Crippen molar-refractivity contribution in [2.45, 2.75) is 64.5 Å². The minimum atomic E-state index is 0.566. The molecule has 0 aromatic rings. The highest BCUT2D eigenvalue weighted by molar-refractivity contribution is 4.96. The topological polar surface area (TPSA) is 6.48 Å². The van der Waals surface area contributed by atoms with Crippen LogP contribution < -0.4 is 0 Å². The summed E-state index contributed by atoms with van der Waals surface area (Å²) in [5.74, 6) is 0. The molecule has 2 atom stereocenters. The summed E-state index contributed by atoms with van der Waals surface area (Å²) in [6.45, 7) is 10.3. The van der Waals surface area contributed by atoms with Crippen LogP contribution in [0.3, 0.4) is 0 Å². The molecule has 3 rings (SSSR count). The van der Waals surface area contributed by atoms with E-state index >= 15 is 0 Å². The van der Waals surface area contributed by atoms with Gasteiger partial charge in [0.15, 0.2) is 0 Å². The minimum Gasteiger partial charge on any atom is -0.298 e. The Labute approximate surface area is 106 Å². The van der Waals surface area contributed by atoms with Crippen molar-refractivity contribution in [3.05, 3.63) is 0 Å². The first-order valence-corrected chi connectivity index (χ1v) is 7.65. The van der Waals surface area contributed by atoms with E-state index in [-0.39, 0.29) is 0 Å². The van der Waals surface area contributed by atoms with Gasteiger partial charge in [-0.25, -0.2) is 0 Å². The van der Waals surface area contributed by atoms with Crippen LogP contribution in [0.2, 0.25) is 0 Å². The molecule has 2 saturated heterocycles. The molecule has 0 aromatic carbocycles. The quantitative estimate of drug-likeness (QED) is 0.691. The Hall–Kier alpha value is -0.0800. The normalized spacial score (nSPS) is 39.2. The van der Waals surface area contributed by atoms with Gasteiger partial charge in [-0.15, -0.1) is 0 Å². The van der Waals surface area contributed by atoms with Crippen molar-refractivity contribution in [3.63, 3.8) is 0 Å². The van der Waals surface area contributed by atoms with Crippen LogP contribution in [0, 0.1) is 5.41 Å². The number of rotatable bonds is 1. The van der Waals surface area contributed by atoms with E-state index in [1.54, 1.807) is 0 Å². The van der Waals surface area contributed by atoms with Crippen molar-refractivity contribution in [2.24, 2.45) is 5.41 Å². The molecular weight excluding hydrogens is 208 g/mol. The largest absolute Gasteiger partial charge is 0.298 e. The molecule has 2 nitrogen and oxygen atoms in total. The second kappa shape index (κ2) is 4.55. The highest BCUT2D eigenvalue weighted by atomic mass is 15.3. The van der Waals surface area contributed by atoms with Gasteiger partial charge in [-0.3, -0.25) is 9.80 Å². The fourth-order valence-corrected chi connectivity index (χ4v) is 4.45. The molecule has 0 aromatic heterocycles. The molecule has 0 radical (unpaired) electrons. The van der Waals surface area contributed by atoms with Gasteiger partial charge in [0.25, 0.3) is 0 Å². The molecule has 3 aliphatic rings. The van der Waals surface area contributed by atoms with E-state index in [0.717, 1.165) is 12.1 Å². The predicted octanol–water partition coefficient (Wildman–Crippen LogP) is 2.74. The van der Waals surface area contributed by atoms with Gasteiger partial charge < -0.3 is 0 Å². The fourth-order valence-electron chi connectivity index (χ4n) is 4.45. The molecular formula is C15H28N2. The average molecular weight is 236 g/mol. The lowest BCUT2D eigenvalue weighted by molar-refractivity contribution is 0.00413. The van der Waals surface area contributed by atoms with Crippen LogP contribution in [0.5, 0.6) is 0 Å². The standard InChI is InChI=1S/C15H28N2/c1-15(2)8-5-7-14(15)17-11-10-16-9-4-3-6-13(16)12-17/h13-14H,3-12H2,1-2H3. The molecule has 2 heterocycles. The Morgan fingerprint density at radius 1 is 0.882 bits per heavy atom. The van der Waals surface area contributed by atoms with E-state index in [2.05, 4.69) is 23.6 Å². The highest BCUT2D eigenvalue weighted by Gasteiger charge is 2.41. The third-order valence-corrected chi connectivity index (χ3v) is 5.51. The zero-order valence-corrected chi connectivity index (χ0v) is 11.6. The number of piperazine rings is 1. The van der Waals surface area contributed by atoms with Crippen molar-refractivity contribution in [3.8, 4) is 0 Å². The number of hydrogen-bond donors (Lipinski definition) is 0. The van der Waals surface area contributed by atoms with E-state index in [1.807, 2.05) is 0 Å². The summed E-state index contributed by atoms with van der Waals surface area (Å²) in [5.41, 5.74) is 0.566. The molecule has 0 N–H and O–H groups in total. The van der Waals surface area contributed by atoms with Crippen LogP contribution >= 0.6 is 0 Å². The molecule has 1 aliphatic carbocycles. The summed E-state index contributed by atoms with van der Waals surface area (Å²) < 4.78 is 0. The molecule has 0 spiro atoms. The Morgan fingerprint density at radius 2 is 1.71 bits per heavy atom. The van der Waals surface area contributed by atoms with E-state index in [1.165, 1.54) is 64.7 Å². The Balaban J connectivity index is 1.65. The zero-order valence-electron chi connectivity index (χ0n) is 11.6. The number of nitrogens with zero attached hydrogens (tertiary/aromatic N) is 2. The predicted molar refractivity (Wildman–Crippen MR) is 72.2 cm³/mol. The van der Waals surface area contributed by atoms with Crippen molar-refractivity contribution < 1.29 is 0 Å². The van der Waals surface area contributed by atoms with Crippen LogP contribution in [0.1, 0.15) is 52.4 Å². The van der Waals surface area contributed by atoms with E-state index in [4.69, 9.17) is 0 Å². The third-order valence-electron chi connectivity index (χ3n) is 5.51. The molecule has 2 heteroatoms. The molecule has 2 aliphatic heterocycles. The van der Waals surface area contributed by atoms with E-state index < -0.39 is 0 Å². The first kappa shape index (κ1) is 12.0. The summed E-state index contributed by atoms with van der Waals surface area (Å²) in [6.07, 6.45) is 8.67. The van der Waals surface area contributed by atoms with Crippen LogP contribution in [0.4, 0.5) is 0 Å². The summed E-state index contributed by atoms with van der Waals surface area (Å²) in [5, 5.41) is 0. The summed E-state index contributed by atoms with van der Waals surface area (Å²) in [4.78, 5) is 5.58. The zero-order chi connectivity index (χ0) is 11.9. The summed E-state index contributed by atoms with van der Waals surface area (Å²) in [7, 11) is 0. The minimum absolute atomic E-state index is 0.566. The van der Waals surface area contributed by atoms with Gasteiger partial charge in [0.05, 0.1) is 0 Å². The van der Waals surface area contributed by atoms with E-state index in [9.17, 15) is 0 Å². The van der Waals surface area contributed by atoms with Crippen LogP contribution in [-0.4, -0.2) is 48.1 Å². The second-order valence-corrected chi connectivity index (χ2v) is 7.08. The molecule has 98 valence electrons. The van der Waals surface area contributed by atoms with Gasteiger partial charge in [-0.2, -0.15) is 0 Å². The molecule has 0 bridgehead atoms. The smallest absolute Gasteiger partial charge is 0.0223 e. The maximum Gasteiger partial charge on any atom is 0.0223 e. The molecule has 3 fully saturated rings. The van der Waals surface area contributed by atoms with Crippen molar-refractivity contribution in [2.75, 3.05) is 26.2 Å². The lowest BCUT2D eigenvalue weighted by Gasteiger charge is -2.48. The first-order chi connectivity index (χ1) is 8.17. The van der Waals surface area contributed by atoms with Gasteiger partial charge in [-0.05, 0) is 37.6 Å². The van der Waals surface area contributed by atoms with E-state index in [0.29, 0.717) is 5.41 Å². The van der Waals surface area contributed by atoms with Crippen LogP contribution in [0.25, 0.3) is 0 Å². The third kappa shape index (κ3) is 2.26. The maximum absolute atomic E-state index is 2.83. The SMILES string of the molecule is CC1(C)CCCC1N1CCN2CCCCC2C1. The second-order valence-electron chi connectivity index (χ2n) is 7.08. The average Bonchev–Trinajstić information content (AvgIpc) is 2.68. The fraction of sp³-hybridized carbons (Fsp3) is 1.00. The Kier molecular flexibility index (Phi) is 3.20. The van der Waals surface area contributed by atoms with Gasteiger partial charge in [0.2, 0.25) is 0 Å². The van der Waals surface area contributed by atoms with Crippen LogP contribution in [-0.2, 0) is 0 Å². The van der Waals surface area contributed by atoms with Crippen molar-refractivity contribution in [1.82, 2.24) is 9.80 Å². The van der Waals surface area contributed by atoms with Gasteiger partial charge in [0, 0.05) is 31.7 Å². The lowest BCUT2D eigenvalue weighted by atomic mass is 9.85. The molecule has 2 unspecified atom stereocenters.